The predicted molar refractivity (Wildman–Crippen MR) is 63.2 cm³/mol. The van der Waals surface area contributed by atoms with Gasteiger partial charge >= 0.3 is 5.97 Å². The molecular formula is C13H16NO3+. The van der Waals surface area contributed by atoms with Gasteiger partial charge in [0, 0.05) is 21.8 Å². The van der Waals surface area contributed by atoms with Gasteiger partial charge in [-0.25, -0.2) is 0 Å². The molecule has 2 rings (SSSR count). The lowest BCUT2D eigenvalue weighted by atomic mass is 9.96. The van der Waals surface area contributed by atoms with E-state index >= 15 is 0 Å². The average Bonchev–Trinajstić information content (AvgIpc) is 3.11. The standard InChI is InChI=1S/C13H16NO3/c1-3-17-12(15)13(8-9-13)10-4-6-11(7-5-10)14(2)16/h4-7H,3,8-9H2,1-2H3/q+1. The largest absolute Gasteiger partial charge is 0.465 e. The number of hydrogen-bond donors (Lipinski definition) is 0. The van der Waals surface area contributed by atoms with Gasteiger partial charge in [0.2, 0.25) is 0 Å². The second kappa shape index (κ2) is 4.28. The van der Waals surface area contributed by atoms with Gasteiger partial charge in [-0.2, -0.15) is 0 Å². The molecule has 0 saturated heterocycles. The molecule has 1 aromatic rings. The summed E-state index contributed by atoms with van der Waals surface area (Å²) in [4.78, 5) is 22.9. The SMILES string of the molecule is CCOC(=O)C1(c2ccc([N+](C)=O)cc2)CC1. The van der Waals surface area contributed by atoms with Gasteiger partial charge in [-0.15, -0.1) is 0 Å². The monoisotopic (exact) mass is 234 g/mol. The van der Waals surface area contributed by atoms with Gasteiger partial charge in [0.15, 0.2) is 7.05 Å². The fourth-order valence-electron chi connectivity index (χ4n) is 2.00. The van der Waals surface area contributed by atoms with Gasteiger partial charge in [0.1, 0.15) is 0 Å². The van der Waals surface area contributed by atoms with E-state index in [1.54, 1.807) is 12.1 Å². The number of carbonyl (C=O) groups excluding carboxylic acids is 1. The van der Waals surface area contributed by atoms with Crippen molar-refractivity contribution in [1.29, 1.82) is 0 Å². The number of nitrogens with zero attached hydrogens (tertiary/aromatic N) is 1. The maximum atomic E-state index is 11.9. The second-order valence-corrected chi connectivity index (χ2v) is 4.35. The minimum Gasteiger partial charge on any atom is -0.465 e. The van der Waals surface area contributed by atoms with Crippen LogP contribution < -0.4 is 0 Å². The molecule has 0 N–H and O–H groups in total. The molecule has 0 radical (unpaired) electrons. The van der Waals surface area contributed by atoms with Crippen LogP contribution in [0.3, 0.4) is 0 Å². The Balaban J connectivity index is 2.23. The van der Waals surface area contributed by atoms with Crippen LogP contribution in [0.4, 0.5) is 5.69 Å². The van der Waals surface area contributed by atoms with E-state index in [1.807, 2.05) is 19.1 Å². The highest BCUT2D eigenvalue weighted by Gasteiger charge is 2.52. The number of benzene rings is 1. The van der Waals surface area contributed by atoms with E-state index in [0.29, 0.717) is 12.3 Å². The second-order valence-electron chi connectivity index (χ2n) is 4.35. The van der Waals surface area contributed by atoms with E-state index in [1.165, 1.54) is 7.05 Å². The minimum atomic E-state index is -0.448. The number of ether oxygens (including phenoxy) is 1. The first kappa shape index (κ1) is 11.8. The van der Waals surface area contributed by atoms with Crippen LogP contribution in [0.25, 0.3) is 0 Å². The number of hydrogen-bond acceptors (Lipinski definition) is 3. The molecule has 0 heterocycles. The lowest BCUT2D eigenvalue weighted by molar-refractivity contribution is -0.428. The summed E-state index contributed by atoms with van der Waals surface area (Å²) in [5.41, 5.74) is 1.09. The van der Waals surface area contributed by atoms with E-state index in [4.69, 9.17) is 4.74 Å². The summed E-state index contributed by atoms with van der Waals surface area (Å²) in [6, 6.07) is 7.16. The highest BCUT2D eigenvalue weighted by molar-refractivity contribution is 5.86. The summed E-state index contributed by atoms with van der Waals surface area (Å²) < 4.78 is 5.89. The third-order valence-electron chi connectivity index (χ3n) is 3.20. The van der Waals surface area contributed by atoms with Gasteiger partial charge in [0.05, 0.1) is 12.0 Å². The molecule has 0 amide bonds. The maximum absolute atomic E-state index is 11.9. The van der Waals surface area contributed by atoms with Crippen molar-refractivity contribution in [3.8, 4) is 0 Å². The molecule has 0 atom stereocenters. The van der Waals surface area contributed by atoms with Crippen LogP contribution in [0, 0.1) is 4.91 Å². The molecular weight excluding hydrogens is 218 g/mol. The van der Waals surface area contributed by atoms with Crippen molar-refractivity contribution >= 4 is 11.7 Å². The first-order chi connectivity index (χ1) is 8.10. The van der Waals surface area contributed by atoms with Crippen molar-refractivity contribution in [3.63, 3.8) is 0 Å². The number of esters is 1. The van der Waals surface area contributed by atoms with E-state index in [0.717, 1.165) is 23.2 Å². The Bertz CT molecular complexity index is 446. The Kier molecular flexibility index (Phi) is 2.96. The highest BCUT2D eigenvalue weighted by Crippen LogP contribution is 2.49. The van der Waals surface area contributed by atoms with Crippen molar-refractivity contribution in [3.05, 3.63) is 34.7 Å². The molecule has 0 aromatic heterocycles. The van der Waals surface area contributed by atoms with E-state index in [9.17, 15) is 9.70 Å². The summed E-state index contributed by atoms with van der Waals surface area (Å²) in [6.07, 6.45) is 1.66. The maximum Gasteiger partial charge on any atom is 0.316 e. The van der Waals surface area contributed by atoms with Crippen LogP contribution in [0.5, 0.6) is 0 Å². The van der Waals surface area contributed by atoms with E-state index < -0.39 is 5.41 Å². The van der Waals surface area contributed by atoms with Crippen molar-refractivity contribution in [2.24, 2.45) is 0 Å². The third kappa shape index (κ3) is 2.07. The number of nitroso groups, excluding NO2 is 1. The molecule has 1 saturated carbocycles. The summed E-state index contributed by atoms with van der Waals surface area (Å²) in [7, 11) is 1.45. The molecule has 1 aliphatic carbocycles. The molecule has 0 unspecified atom stereocenters. The Morgan fingerprint density at radius 1 is 1.35 bits per heavy atom. The molecule has 4 nitrogen and oxygen atoms in total. The van der Waals surface area contributed by atoms with Crippen LogP contribution in [0.15, 0.2) is 24.3 Å². The van der Waals surface area contributed by atoms with Crippen LogP contribution in [0.1, 0.15) is 25.3 Å². The molecule has 1 aliphatic rings. The minimum absolute atomic E-state index is 0.150. The van der Waals surface area contributed by atoms with Gasteiger partial charge in [-0.05, 0) is 25.3 Å². The van der Waals surface area contributed by atoms with Crippen molar-refractivity contribution in [2.45, 2.75) is 25.2 Å². The lowest BCUT2D eigenvalue weighted by Gasteiger charge is -2.13. The van der Waals surface area contributed by atoms with E-state index in [2.05, 4.69) is 0 Å². The smallest absolute Gasteiger partial charge is 0.316 e. The zero-order valence-electron chi connectivity index (χ0n) is 10.1. The van der Waals surface area contributed by atoms with Crippen molar-refractivity contribution in [1.82, 2.24) is 0 Å². The Morgan fingerprint density at radius 2 is 1.94 bits per heavy atom. The third-order valence-corrected chi connectivity index (χ3v) is 3.20. The molecule has 17 heavy (non-hydrogen) atoms. The first-order valence-electron chi connectivity index (χ1n) is 5.79. The van der Waals surface area contributed by atoms with Crippen LogP contribution in [-0.4, -0.2) is 24.4 Å². The quantitative estimate of drug-likeness (QED) is 0.593. The highest BCUT2D eigenvalue weighted by atomic mass is 16.5. The summed E-state index contributed by atoms with van der Waals surface area (Å²) >= 11 is 0. The molecule has 0 aliphatic heterocycles. The zero-order valence-corrected chi connectivity index (χ0v) is 10.1. The summed E-state index contributed by atoms with van der Waals surface area (Å²) in [5, 5.41) is 0. The van der Waals surface area contributed by atoms with Crippen LogP contribution in [-0.2, 0) is 14.9 Å². The molecule has 0 spiro atoms. The number of carbonyl (C=O) groups is 1. The average molecular weight is 234 g/mol. The van der Waals surface area contributed by atoms with Gasteiger partial charge < -0.3 is 4.74 Å². The molecule has 1 aromatic carbocycles. The number of rotatable bonds is 4. The normalized spacial score (nSPS) is 16.4. The van der Waals surface area contributed by atoms with Crippen molar-refractivity contribution in [2.75, 3.05) is 13.7 Å². The summed E-state index contributed by atoms with van der Waals surface area (Å²) in [5.74, 6) is -0.150. The molecule has 0 bridgehead atoms. The summed E-state index contributed by atoms with van der Waals surface area (Å²) in [6.45, 7) is 2.21. The van der Waals surface area contributed by atoms with Crippen LogP contribution in [0.2, 0.25) is 0 Å². The Labute approximate surface area is 100 Å². The fraction of sp³-hybridized carbons (Fsp3) is 0.462. The Morgan fingerprint density at radius 3 is 2.35 bits per heavy atom. The van der Waals surface area contributed by atoms with Gasteiger partial charge in [0.25, 0.3) is 5.69 Å². The molecule has 1 fully saturated rings. The predicted octanol–water partition coefficient (Wildman–Crippen LogP) is 2.32. The van der Waals surface area contributed by atoms with Crippen LogP contribution >= 0.6 is 0 Å². The molecule has 4 heteroatoms. The lowest BCUT2D eigenvalue weighted by Crippen LogP contribution is -2.23. The Hall–Kier alpha value is -1.71. The van der Waals surface area contributed by atoms with Crippen molar-refractivity contribution < 1.29 is 14.3 Å². The zero-order chi connectivity index (χ0) is 12.5. The fourth-order valence-corrected chi connectivity index (χ4v) is 2.00. The first-order valence-corrected chi connectivity index (χ1v) is 5.79. The van der Waals surface area contributed by atoms with Gasteiger partial charge in [-0.3, -0.25) is 4.79 Å². The van der Waals surface area contributed by atoms with Gasteiger partial charge in [-0.1, -0.05) is 12.1 Å². The molecule has 90 valence electrons. The van der Waals surface area contributed by atoms with E-state index in [-0.39, 0.29) is 5.97 Å². The topological polar surface area (TPSA) is 46.4 Å².